The number of halogens is 2. The van der Waals surface area contributed by atoms with Crippen molar-refractivity contribution in [3.8, 4) is 22.6 Å². The molecule has 10 heteroatoms. The van der Waals surface area contributed by atoms with Crippen LogP contribution in [0.3, 0.4) is 0 Å². The molecule has 0 unspecified atom stereocenters. The molecule has 2 N–H and O–H groups in total. The van der Waals surface area contributed by atoms with Gasteiger partial charge >= 0.3 is 5.97 Å². The van der Waals surface area contributed by atoms with E-state index in [0.29, 0.717) is 11.5 Å². The zero-order chi connectivity index (χ0) is 29.5. The van der Waals surface area contributed by atoms with Crippen LogP contribution in [0.4, 0.5) is 0 Å². The highest BCUT2D eigenvalue weighted by Crippen LogP contribution is 2.40. The molecular weight excluding hydrogens is 565 g/mol. The Labute approximate surface area is 250 Å². The number of carboxylic acid groups (broad SMARTS) is 1. The highest BCUT2D eigenvalue weighted by molar-refractivity contribution is 6.39. The zero-order valence-electron chi connectivity index (χ0n) is 23.5. The van der Waals surface area contributed by atoms with E-state index in [1.165, 1.54) is 12.1 Å². The van der Waals surface area contributed by atoms with Gasteiger partial charge in [-0.1, -0.05) is 53.5 Å². The molecule has 1 amide bonds. The number of hydrogen-bond donors (Lipinski definition) is 2. The van der Waals surface area contributed by atoms with E-state index in [2.05, 4.69) is 34.3 Å². The van der Waals surface area contributed by atoms with Gasteiger partial charge in [-0.2, -0.15) is 0 Å². The van der Waals surface area contributed by atoms with Gasteiger partial charge < -0.3 is 29.7 Å². The van der Waals surface area contributed by atoms with Crippen LogP contribution in [0.25, 0.3) is 11.1 Å². The van der Waals surface area contributed by atoms with Gasteiger partial charge in [-0.15, -0.1) is 0 Å². The first-order valence-electron chi connectivity index (χ1n) is 13.4. The van der Waals surface area contributed by atoms with Crippen molar-refractivity contribution in [2.75, 3.05) is 54.0 Å². The third kappa shape index (κ3) is 7.71. The maximum Gasteiger partial charge on any atom is 0.326 e. The molecule has 3 aromatic rings. The number of carbonyl (C=O) groups is 2. The Kier molecular flexibility index (Phi) is 10.5. The molecule has 0 radical (unpaired) electrons. The normalized spacial score (nSPS) is 14.9. The van der Waals surface area contributed by atoms with E-state index >= 15 is 0 Å². The van der Waals surface area contributed by atoms with E-state index in [4.69, 9.17) is 32.7 Å². The predicted molar refractivity (Wildman–Crippen MR) is 162 cm³/mol. The fourth-order valence-electron chi connectivity index (χ4n) is 4.94. The number of rotatable bonds is 11. The van der Waals surface area contributed by atoms with E-state index in [1.54, 1.807) is 20.3 Å². The number of ether oxygens (including phenoxy) is 2. The van der Waals surface area contributed by atoms with Crippen LogP contribution < -0.4 is 14.8 Å². The summed E-state index contributed by atoms with van der Waals surface area (Å²) in [5.74, 6) is -0.400. The average molecular weight is 601 g/mol. The molecule has 0 aliphatic carbocycles. The molecule has 0 aromatic heterocycles. The van der Waals surface area contributed by atoms with Gasteiger partial charge in [-0.05, 0) is 54.4 Å². The maximum atomic E-state index is 12.8. The number of benzene rings is 3. The number of methoxy groups -OCH3 is 2. The number of hydrogen-bond acceptors (Lipinski definition) is 6. The van der Waals surface area contributed by atoms with Crippen LogP contribution >= 0.6 is 23.2 Å². The van der Waals surface area contributed by atoms with Crippen molar-refractivity contribution in [3.05, 3.63) is 81.3 Å². The van der Waals surface area contributed by atoms with Gasteiger partial charge in [0.15, 0.2) is 0 Å². The number of amides is 1. The lowest BCUT2D eigenvalue weighted by Crippen LogP contribution is -2.45. The minimum Gasteiger partial charge on any atom is -0.496 e. The molecular formula is C31H35Cl2N3O5. The molecule has 1 aliphatic heterocycles. The second-order valence-electron chi connectivity index (χ2n) is 10.1. The Bertz CT molecular complexity index is 1330. The first kappa shape index (κ1) is 30.7. The van der Waals surface area contributed by atoms with Crippen molar-refractivity contribution in [1.29, 1.82) is 0 Å². The van der Waals surface area contributed by atoms with E-state index in [0.717, 1.165) is 61.4 Å². The Hall–Kier alpha value is -3.30. The molecule has 1 heterocycles. The molecule has 0 spiro atoms. The third-order valence-electron chi connectivity index (χ3n) is 7.35. The average Bonchev–Trinajstić information content (AvgIpc) is 2.96. The molecule has 1 fully saturated rings. The van der Waals surface area contributed by atoms with Crippen molar-refractivity contribution in [2.45, 2.75) is 18.9 Å². The maximum absolute atomic E-state index is 12.8. The molecule has 0 bridgehead atoms. The summed E-state index contributed by atoms with van der Waals surface area (Å²) in [7, 11) is 5.43. The SMILES string of the molecule is COc1cc(CCN2CCN(C)CC2)cc(OC)c1-c1ccc(C[C@H](NC(=O)c2c(Cl)cccc2Cl)C(=O)O)cc1. The van der Waals surface area contributed by atoms with Crippen LogP contribution in [0.2, 0.25) is 10.0 Å². The summed E-state index contributed by atoms with van der Waals surface area (Å²) in [6.07, 6.45) is 0.959. The van der Waals surface area contributed by atoms with Crippen molar-refractivity contribution >= 4 is 35.1 Å². The third-order valence-corrected chi connectivity index (χ3v) is 7.98. The van der Waals surface area contributed by atoms with Crippen LogP contribution in [0, 0.1) is 0 Å². The minimum atomic E-state index is -1.18. The summed E-state index contributed by atoms with van der Waals surface area (Å²) < 4.78 is 11.5. The lowest BCUT2D eigenvalue weighted by atomic mass is 9.97. The van der Waals surface area contributed by atoms with Crippen molar-refractivity contribution in [2.24, 2.45) is 0 Å². The van der Waals surface area contributed by atoms with Crippen LogP contribution in [-0.4, -0.2) is 86.8 Å². The summed E-state index contributed by atoms with van der Waals surface area (Å²) in [5, 5.41) is 12.6. The van der Waals surface area contributed by atoms with E-state index in [1.807, 2.05) is 24.3 Å². The van der Waals surface area contributed by atoms with Gasteiger partial charge in [0.05, 0.1) is 35.4 Å². The van der Waals surface area contributed by atoms with E-state index in [-0.39, 0.29) is 22.0 Å². The lowest BCUT2D eigenvalue weighted by molar-refractivity contribution is -0.139. The molecule has 8 nitrogen and oxygen atoms in total. The highest BCUT2D eigenvalue weighted by atomic mass is 35.5. The topological polar surface area (TPSA) is 91.3 Å². The lowest BCUT2D eigenvalue weighted by Gasteiger charge is -2.32. The van der Waals surface area contributed by atoms with Crippen molar-refractivity contribution < 1.29 is 24.2 Å². The van der Waals surface area contributed by atoms with Crippen LogP contribution in [0.15, 0.2) is 54.6 Å². The zero-order valence-corrected chi connectivity index (χ0v) is 25.0. The van der Waals surface area contributed by atoms with Gasteiger partial charge in [0.25, 0.3) is 5.91 Å². The van der Waals surface area contributed by atoms with Gasteiger partial charge in [0.2, 0.25) is 0 Å². The number of likely N-dealkylation sites (N-methyl/N-ethyl adjacent to an activating group) is 1. The van der Waals surface area contributed by atoms with Gasteiger partial charge in [0.1, 0.15) is 17.5 Å². The number of aliphatic carboxylic acids is 1. The largest absolute Gasteiger partial charge is 0.496 e. The Morgan fingerprint density at radius 3 is 2.05 bits per heavy atom. The molecule has 1 atom stereocenters. The van der Waals surface area contributed by atoms with Gasteiger partial charge in [-0.3, -0.25) is 4.79 Å². The number of piperazine rings is 1. The first-order chi connectivity index (χ1) is 19.7. The second kappa shape index (κ2) is 14.0. The van der Waals surface area contributed by atoms with E-state index < -0.39 is 17.9 Å². The van der Waals surface area contributed by atoms with Crippen molar-refractivity contribution in [3.63, 3.8) is 0 Å². The standard InChI is InChI=1S/C31H35Cl2N3O5/c1-35-13-15-36(16-14-35)12-11-21-18-26(40-2)28(27(19-21)41-3)22-9-7-20(8-10-22)17-25(31(38)39)34-30(37)29-23(32)5-4-6-24(29)33/h4-10,18-19,25H,11-17H2,1-3H3,(H,34,37)(H,38,39)/t25-/m0/s1. The summed E-state index contributed by atoms with van der Waals surface area (Å²) in [5.41, 5.74) is 3.60. The molecule has 218 valence electrons. The molecule has 1 aliphatic rings. The summed E-state index contributed by atoms with van der Waals surface area (Å²) in [6.45, 7) is 5.26. The smallest absolute Gasteiger partial charge is 0.326 e. The second-order valence-corrected chi connectivity index (χ2v) is 10.9. The summed E-state index contributed by atoms with van der Waals surface area (Å²) >= 11 is 12.2. The van der Waals surface area contributed by atoms with Crippen molar-refractivity contribution in [1.82, 2.24) is 15.1 Å². The summed E-state index contributed by atoms with van der Waals surface area (Å²) in [4.78, 5) is 29.6. The minimum absolute atomic E-state index is 0.0450. The van der Waals surface area contributed by atoms with Crippen LogP contribution in [-0.2, 0) is 17.6 Å². The Morgan fingerprint density at radius 1 is 0.927 bits per heavy atom. The van der Waals surface area contributed by atoms with E-state index in [9.17, 15) is 14.7 Å². The summed E-state index contributed by atoms with van der Waals surface area (Å²) in [6, 6.07) is 15.1. The number of carboxylic acids is 1. The molecule has 3 aromatic carbocycles. The predicted octanol–water partition coefficient (Wildman–Crippen LogP) is 4.89. The Balaban J connectivity index is 1.49. The number of nitrogens with zero attached hydrogens (tertiary/aromatic N) is 2. The van der Waals surface area contributed by atoms with Gasteiger partial charge in [-0.25, -0.2) is 4.79 Å². The quantitative estimate of drug-likeness (QED) is 0.324. The first-order valence-corrected chi connectivity index (χ1v) is 14.2. The number of carbonyl (C=O) groups excluding carboxylic acids is 1. The molecule has 4 rings (SSSR count). The monoisotopic (exact) mass is 599 g/mol. The van der Waals surface area contributed by atoms with Gasteiger partial charge in [0, 0.05) is 39.1 Å². The molecule has 1 saturated heterocycles. The highest BCUT2D eigenvalue weighted by Gasteiger charge is 2.24. The Morgan fingerprint density at radius 2 is 1.51 bits per heavy atom. The fourth-order valence-corrected chi connectivity index (χ4v) is 5.51. The van der Waals surface area contributed by atoms with Crippen LogP contribution in [0.1, 0.15) is 21.5 Å². The number of nitrogens with one attached hydrogen (secondary N) is 1. The van der Waals surface area contributed by atoms with Crippen LogP contribution in [0.5, 0.6) is 11.5 Å². The fraction of sp³-hybridized carbons (Fsp3) is 0.355. The molecule has 41 heavy (non-hydrogen) atoms. The molecule has 0 saturated carbocycles.